The SMILES string of the molecule is Cc1cccc2c1n(-c1ccc(-c3cnn4ccccc34)cn1)c(=O)n2CC(=O)N1CCOCC1. The zero-order valence-corrected chi connectivity index (χ0v) is 19.3. The van der Waals surface area contributed by atoms with Crippen LogP contribution >= 0.6 is 0 Å². The number of carbonyl (C=O) groups is 1. The van der Waals surface area contributed by atoms with Crippen molar-refractivity contribution in [3.63, 3.8) is 0 Å². The normalized spacial score (nSPS) is 14.1. The number of morpholine rings is 1. The van der Waals surface area contributed by atoms with E-state index in [1.54, 1.807) is 20.2 Å². The second-order valence-corrected chi connectivity index (χ2v) is 8.63. The molecule has 0 N–H and O–H groups in total. The smallest absolute Gasteiger partial charge is 0.335 e. The molecule has 1 amide bonds. The van der Waals surface area contributed by atoms with E-state index in [9.17, 15) is 9.59 Å². The van der Waals surface area contributed by atoms with E-state index in [1.807, 2.05) is 72.4 Å². The van der Waals surface area contributed by atoms with Gasteiger partial charge in [0.05, 0.1) is 36.0 Å². The number of rotatable bonds is 4. The van der Waals surface area contributed by atoms with E-state index in [4.69, 9.17) is 4.74 Å². The van der Waals surface area contributed by atoms with Crippen LogP contribution in [0, 0.1) is 6.92 Å². The van der Waals surface area contributed by atoms with Gasteiger partial charge in [0.25, 0.3) is 0 Å². The van der Waals surface area contributed by atoms with Crippen LogP contribution in [0.3, 0.4) is 0 Å². The second kappa shape index (κ2) is 8.52. The van der Waals surface area contributed by atoms with Gasteiger partial charge in [-0.05, 0) is 42.8 Å². The molecule has 6 rings (SSSR count). The molecular formula is C26H24N6O3. The fourth-order valence-corrected chi connectivity index (χ4v) is 4.72. The van der Waals surface area contributed by atoms with Gasteiger partial charge in [-0.2, -0.15) is 5.10 Å². The largest absolute Gasteiger partial charge is 0.378 e. The average molecular weight is 469 g/mol. The first-order valence-corrected chi connectivity index (χ1v) is 11.6. The Balaban J connectivity index is 1.42. The highest BCUT2D eigenvalue weighted by Gasteiger charge is 2.22. The molecule has 0 aliphatic carbocycles. The molecule has 1 fully saturated rings. The summed E-state index contributed by atoms with van der Waals surface area (Å²) in [4.78, 5) is 33.0. The Morgan fingerprint density at radius 3 is 2.63 bits per heavy atom. The number of aromatic nitrogens is 5. The number of hydrogen-bond acceptors (Lipinski definition) is 5. The molecule has 0 bridgehead atoms. The monoisotopic (exact) mass is 468 g/mol. The molecule has 0 radical (unpaired) electrons. The zero-order chi connectivity index (χ0) is 23.9. The predicted molar refractivity (Wildman–Crippen MR) is 132 cm³/mol. The minimum Gasteiger partial charge on any atom is -0.378 e. The van der Waals surface area contributed by atoms with E-state index in [-0.39, 0.29) is 18.1 Å². The van der Waals surface area contributed by atoms with Crippen molar-refractivity contribution in [2.24, 2.45) is 0 Å². The summed E-state index contributed by atoms with van der Waals surface area (Å²) in [6, 6.07) is 15.4. The molecule has 1 saturated heterocycles. The Morgan fingerprint density at radius 1 is 1.00 bits per heavy atom. The molecular weight excluding hydrogens is 444 g/mol. The van der Waals surface area contributed by atoms with Crippen LogP contribution in [-0.4, -0.2) is 60.8 Å². The van der Waals surface area contributed by atoms with E-state index in [1.165, 1.54) is 0 Å². The number of amides is 1. The Bertz CT molecular complexity index is 1610. The lowest BCUT2D eigenvalue weighted by molar-refractivity contribution is -0.135. The van der Waals surface area contributed by atoms with Gasteiger partial charge in [-0.15, -0.1) is 0 Å². The van der Waals surface area contributed by atoms with Crippen molar-refractivity contribution in [1.29, 1.82) is 0 Å². The third-order valence-corrected chi connectivity index (χ3v) is 6.52. The third kappa shape index (κ3) is 3.60. The fraction of sp³-hybridized carbons (Fsp3) is 0.231. The first kappa shape index (κ1) is 21.3. The van der Waals surface area contributed by atoms with Crippen LogP contribution in [-0.2, 0) is 16.1 Å². The minimum absolute atomic E-state index is 0.0216. The number of fused-ring (bicyclic) bond motifs is 2. The molecule has 1 aliphatic heterocycles. The highest BCUT2D eigenvalue weighted by atomic mass is 16.5. The summed E-state index contributed by atoms with van der Waals surface area (Å²) in [6.45, 7) is 4.05. The topological polar surface area (TPSA) is 86.7 Å². The number of para-hydroxylation sites is 1. The number of ether oxygens (including phenoxy) is 1. The molecule has 5 aromatic rings. The van der Waals surface area contributed by atoms with E-state index in [0.29, 0.717) is 37.6 Å². The summed E-state index contributed by atoms with van der Waals surface area (Å²) in [7, 11) is 0. The predicted octanol–water partition coefficient (Wildman–Crippen LogP) is 2.67. The molecule has 5 heterocycles. The summed E-state index contributed by atoms with van der Waals surface area (Å²) in [5, 5.41) is 4.40. The molecule has 9 nitrogen and oxygen atoms in total. The number of nitrogens with zero attached hydrogens (tertiary/aromatic N) is 6. The average Bonchev–Trinajstić information content (AvgIpc) is 3.45. The maximum Gasteiger partial charge on any atom is 0.335 e. The lowest BCUT2D eigenvalue weighted by Gasteiger charge is -2.26. The Hall–Kier alpha value is -4.24. The number of benzene rings is 1. The van der Waals surface area contributed by atoms with E-state index >= 15 is 0 Å². The van der Waals surface area contributed by atoms with Crippen LogP contribution in [0.15, 0.2) is 71.9 Å². The number of carbonyl (C=O) groups excluding carboxylic acids is 1. The van der Waals surface area contributed by atoms with Crippen molar-refractivity contribution in [2.45, 2.75) is 13.5 Å². The number of imidazole rings is 1. The lowest BCUT2D eigenvalue weighted by atomic mass is 10.1. The fourth-order valence-electron chi connectivity index (χ4n) is 4.72. The summed E-state index contributed by atoms with van der Waals surface area (Å²) >= 11 is 0. The number of pyridine rings is 2. The van der Waals surface area contributed by atoms with Crippen molar-refractivity contribution < 1.29 is 9.53 Å². The van der Waals surface area contributed by atoms with Crippen LogP contribution < -0.4 is 5.69 Å². The van der Waals surface area contributed by atoms with E-state index < -0.39 is 0 Å². The highest BCUT2D eigenvalue weighted by molar-refractivity contribution is 5.84. The molecule has 0 unspecified atom stereocenters. The van der Waals surface area contributed by atoms with Crippen molar-refractivity contribution in [2.75, 3.05) is 26.3 Å². The molecule has 1 aliphatic rings. The van der Waals surface area contributed by atoms with Gasteiger partial charge >= 0.3 is 5.69 Å². The number of hydrogen-bond donors (Lipinski definition) is 0. The summed E-state index contributed by atoms with van der Waals surface area (Å²) in [5.41, 5.74) is 4.97. The Morgan fingerprint density at radius 2 is 1.83 bits per heavy atom. The molecule has 9 heteroatoms. The maximum absolute atomic E-state index is 13.6. The first-order chi connectivity index (χ1) is 17.1. The molecule has 0 spiro atoms. The van der Waals surface area contributed by atoms with Crippen molar-refractivity contribution in [3.8, 4) is 16.9 Å². The van der Waals surface area contributed by atoms with Crippen LogP contribution in [0.25, 0.3) is 33.5 Å². The van der Waals surface area contributed by atoms with Crippen molar-refractivity contribution >= 4 is 22.5 Å². The van der Waals surface area contributed by atoms with Gasteiger partial charge in [-0.1, -0.05) is 18.2 Å². The van der Waals surface area contributed by atoms with E-state index in [2.05, 4.69) is 10.1 Å². The van der Waals surface area contributed by atoms with Gasteiger partial charge in [-0.25, -0.2) is 18.9 Å². The molecule has 0 saturated carbocycles. The lowest BCUT2D eigenvalue weighted by Crippen LogP contribution is -2.43. The zero-order valence-electron chi connectivity index (χ0n) is 19.3. The number of aryl methyl sites for hydroxylation is 1. The van der Waals surface area contributed by atoms with Gasteiger partial charge < -0.3 is 9.64 Å². The van der Waals surface area contributed by atoms with Crippen LogP contribution in [0.4, 0.5) is 0 Å². The summed E-state index contributed by atoms with van der Waals surface area (Å²) < 4.78 is 10.3. The standard InChI is InChI=1S/C26H24N6O3/c1-18-5-4-7-22-25(18)32(26(34)30(22)17-24(33)29-11-13-35-14-12-29)23-9-8-19(15-27-23)20-16-28-31-10-3-2-6-21(20)31/h2-10,15-16H,11-14,17H2,1H3. The van der Waals surface area contributed by atoms with Gasteiger partial charge in [-0.3, -0.25) is 9.36 Å². The summed E-state index contributed by atoms with van der Waals surface area (Å²) in [5.74, 6) is 0.416. The minimum atomic E-state index is -0.285. The van der Waals surface area contributed by atoms with Crippen molar-refractivity contribution in [1.82, 2.24) is 28.6 Å². The molecule has 4 aromatic heterocycles. The molecule has 0 atom stereocenters. The highest BCUT2D eigenvalue weighted by Crippen LogP contribution is 2.26. The Labute approximate surface area is 200 Å². The van der Waals surface area contributed by atoms with Crippen LogP contribution in [0.1, 0.15) is 5.56 Å². The quantitative estimate of drug-likeness (QED) is 0.405. The van der Waals surface area contributed by atoms with Gasteiger partial charge in [0, 0.05) is 36.6 Å². The summed E-state index contributed by atoms with van der Waals surface area (Å²) in [6.07, 6.45) is 5.47. The molecule has 1 aromatic carbocycles. The van der Waals surface area contributed by atoms with Crippen LogP contribution in [0.5, 0.6) is 0 Å². The maximum atomic E-state index is 13.6. The molecule has 176 valence electrons. The van der Waals surface area contributed by atoms with Crippen LogP contribution in [0.2, 0.25) is 0 Å². The van der Waals surface area contributed by atoms with Gasteiger partial charge in [0.1, 0.15) is 12.4 Å². The van der Waals surface area contributed by atoms with Gasteiger partial charge in [0.2, 0.25) is 5.91 Å². The Kier molecular flexibility index (Phi) is 5.18. The first-order valence-electron chi connectivity index (χ1n) is 11.6. The molecule has 35 heavy (non-hydrogen) atoms. The van der Waals surface area contributed by atoms with E-state index in [0.717, 1.165) is 27.7 Å². The van der Waals surface area contributed by atoms with Crippen molar-refractivity contribution in [3.05, 3.63) is 83.2 Å². The second-order valence-electron chi connectivity index (χ2n) is 8.63. The van der Waals surface area contributed by atoms with Gasteiger partial charge in [0.15, 0.2) is 0 Å². The third-order valence-electron chi connectivity index (χ3n) is 6.52.